The van der Waals surface area contributed by atoms with Gasteiger partial charge in [0, 0.05) is 10.9 Å². The summed E-state index contributed by atoms with van der Waals surface area (Å²) in [5.74, 6) is 0.532. The van der Waals surface area contributed by atoms with E-state index in [0.29, 0.717) is 11.4 Å². The van der Waals surface area contributed by atoms with Crippen LogP contribution in [-0.4, -0.2) is 29.0 Å². The Labute approximate surface area is 120 Å². The van der Waals surface area contributed by atoms with Gasteiger partial charge in [0.1, 0.15) is 0 Å². The first-order valence-electron chi connectivity index (χ1n) is 6.70. The minimum Gasteiger partial charge on any atom is -0.301 e. The van der Waals surface area contributed by atoms with E-state index in [9.17, 15) is 0 Å². The highest BCUT2D eigenvalue weighted by Crippen LogP contribution is 2.18. The summed E-state index contributed by atoms with van der Waals surface area (Å²) >= 11 is 7.48. The zero-order valence-corrected chi connectivity index (χ0v) is 13.6. The molecule has 0 fully saturated rings. The van der Waals surface area contributed by atoms with Gasteiger partial charge < -0.3 is 4.90 Å². The quantitative estimate of drug-likeness (QED) is 0.523. The highest BCUT2D eigenvalue weighted by molar-refractivity contribution is 7.09. The molecule has 0 aliphatic heterocycles. The predicted molar refractivity (Wildman–Crippen MR) is 81.6 cm³/mol. The van der Waals surface area contributed by atoms with Crippen molar-refractivity contribution in [1.29, 1.82) is 0 Å². The van der Waals surface area contributed by atoms with Gasteiger partial charge in [-0.25, -0.2) is 4.98 Å². The molecule has 0 saturated carbocycles. The van der Waals surface area contributed by atoms with Crippen LogP contribution in [0.25, 0.3) is 0 Å². The molecular weight excluding hydrogens is 264 g/mol. The summed E-state index contributed by atoms with van der Waals surface area (Å²) in [6.45, 7) is 8.02. The lowest BCUT2D eigenvalue weighted by Gasteiger charge is -2.34. The lowest BCUT2D eigenvalue weighted by Crippen LogP contribution is -2.40. The fourth-order valence-corrected chi connectivity index (χ4v) is 2.79. The van der Waals surface area contributed by atoms with Crippen LogP contribution in [-0.2, 0) is 12.3 Å². The molecular formula is C14H25ClN2S. The van der Waals surface area contributed by atoms with Gasteiger partial charge in [0.15, 0.2) is 0 Å². The van der Waals surface area contributed by atoms with Crippen LogP contribution in [0.1, 0.15) is 50.7 Å². The van der Waals surface area contributed by atoms with Crippen molar-refractivity contribution in [2.75, 3.05) is 13.6 Å². The summed E-state index contributed by atoms with van der Waals surface area (Å²) in [5, 5.41) is 3.29. The first-order chi connectivity index (χ1) is 8.49. The second-order valence-electron chi connectivity index (χ2n) is 5.41. The normalized spacial score (nSPS) is 12.3. The number of halogens is 1. The van der Waals surface area contributed by atoms with Gasteiger partial charge in [-0.2, -0.15) is 0 Å². The van der Waals surface area contributed by atoms with Gasteiger partial charge in [-0.1, -0.05) is 6.92 Å². The van der Waals surface area contributed by atoms with Crippen molar-refractivity contribution < 1.29 is 0 Å². The molecule has 0 N–H and O–H groups in total. The zero-order valence-electron chi connectivity index (χ0n) is 12.0. The summed E-state index contributed by atoms with van der Waals surface area (Å²) in [6, 6.07) is 0. The molecule has 0 amide bonds. The molecule has 1 aromatic heterocycles. The molecule has 0 saturated heterocycles. The molecule has 2 nitrogen and oxygen atoms in total. The summed E-state index contributed by atoms with van der Waals surface area (Å²) in [6.07, 6.45) is 4.71. The molecule has 18 heavy (non-hydrogen) atoms. The van der Waals surface area contributed by atoms with Crippen LogP contribution in [0.3, 0.4) is 0 Å². The number of unbranched alkanes of at least 4 members (excludes halogenated alkanes) is 1. The van der Waals surface area contributed by atoms with Gasteiger partial charge >= 0.3 is 0 Å². The molecule has 1 rings (SSSR count). The Bertz CT molecular complexity index is 349. The zero-order chi connectivity index (χ0) is 13.6. The number of aryl methyl sites for hydroxylation is 1. The van der Waals surface area contributed by atoms with E-state index in [4.69, 9.17) is 11.6 Å². The van der Waals surface area contributed by atoms with E-state index < -0.39 is 0 Å². The van der Waals surface area contributed by atoms with Crippen molar-refractivity contribution in [3.05, 3.63) is 16.1 Å². The SMILES string of the molecule is CCC(C)(C)N(C)CCCCc1nc(CCl)cs1. The van der Waals surface area contributed by atoms with E-state index >= 15 is 0 Å². The van der Waals surface area contributed by atoms with Crippen LogP contribution in [0.2, 0.25) is 0 Å². The summed E-state index contributed by atoms with van der Waals surface area (Å²) < 4.78 is 0. The summed E-state index contributed by atoms with van der Waals surface area (Å²) in [4.78, 5) is 6.94. The maximum atomic E-state index is 5.75. The smallest absolute Gasteiger partial charge is 0.0928 e. The van der Waals surface area contributed by atoms with E-state index in [1.807, 2.05) is 0 Å². The first-order valence-corrected chi connectivity index (χ1v) is 8.11. The Balaban J connectivity index is 2.22. The average molecular weight is 289 g/mol. The average Bonchev–Trinajstić information content (AvgIpc) is 2.82. The van der Waals surface area contributed by atoms with Crippen LogP contribution in [0.5, 0.6) is 0 Å². The molecule has 1 heterocycles. The Morgan fingerprint density at radius 3 is 2.67 bits per heavy atom. The number of alkyl halides is 1. The second-order valence-corrected chi connectivity index (χ2v) is 6.62. The van der Waals surface area contributed by atoms with Gasteiger partial charge in [0.05, 0.1) is 16.6 Å². The summed E-state index contributed by atoms with van der Waals surface area (Å²) in [5.41, 5.74) is 1.33. The molecule has 0 aromatic carbocycles. The number of hydrogen-bond donors (Lipinski definition) is 0. The minimum absolute atomic E-state index is 0.312. The molecule has 1 aromatic rings. The second kappa shape index (κ2) is 7.46. The van der Waals surface area contributed by atoms with Crippen molar-refractivity contribution in [2.24, 2.45) is 0 Å². The van der Waals surface area contributed by atoms with Crippen LogP contribution in [0.4, 0.5) is 0 Å². The van der Waals surface area contributed by atoms with Gasteiger partial charge in [0.2, 0.25) is 0 Å². The molecule has 0 aliphatic rings. The maximum Gasteiger partial charge on any atom is 0.0928 e. The molecule has 4 heteroatoms. The molecule has 0 aliphatic carbocycles. The molecule has 0 radical (unpaired) electrons. The van der Waals surface area contributed by atoms with Gasteiger partial charge in [-0.3, -0.25) is 0 Å². The highest BCUT2D eigenvalue weighted by Gasteiger charge is 2.20. The lowest BCUT2D eigenvalue weighted by molar-refractivity contribution is 0.148. The van der Waals surface area contributed by atoms with E-state index in [0.717, 1.165) is 18.7 Å². The van der Waals surface area contributed by atoms with Crippen molar-refractivity contribution in [3.8, 4) is 0 Å². The number of aromatic nitrogens is 1. The molecule has 0 bridgehead atoms. The number of nitrogens with zero attached hydrogens (tertiary/aromatic N) is 2. The lowest BCUT2D eigenvalue weighted by atomic mass is 9.99. The van der Waals surface area contributed by atoms with Gasteiger partial charge in [-0.15, -0.1) is 22.9 Å². The predicted octanol–water partition coefficient (Wildman–Crippen LogP) is 4.33. The van der Waals surface area contributed by atoms with E-state index in [1.54, 1.807) is 11.3 Å². The first kappa shape index (κ1) is 15.9. The molecule has 104 valence electrons. The third-order valence-corrected chi connectivity index (χ3v) is 5.00. The Morgan fingerprint density at radius 2 is 2.11 bits per heavy atom. The summed E-state index contributed by atoms with van der Waals surface area (Å²) in [7, 11) is 2.22. The van der Waals surface area contributed by atoms with Crippen molar-refractivity contribution >= 4 is 22.9 Å². The third kappa shape index (κ3) is 4.87. The monoisotopic (exact) mass is 288 g/mol. The topological polar surface area (TPSA) is 16.1 Å². The fourth-order valence-electron chi connectivity index (χ4n) is 1.72. The Morgan fingerprint density at radius 1 is 1.39 bits per heavy atom. The fraction of sp³-hybridized carbons (Fsp3) is 0.786. The van der Waals surface area contributed by atoms with Crippen LogP contribution < -0.4 is 0 Å². The molecule has 0 atom stereocenters. The van der Waals surface area contributed by atoms with Crippen molar-refractivity contribution in [1.82, 2.24) is 9.88 Å². The van der Waals surface area contributed by atoms with E-state index in [-0.39, 0.29) is 0 Å². The van der Waals surface area contributed by atoms with Gasteiger partial charge in [0.25, 0.3) is 0 Å². The van der Waals surface area contributed by atoms with Crippen LogP contribution in [0.15, 0.2) is 5.38 Å². The standard InChI is InChI=1S/C14H25ClN2S/c1-5-14(2,3)17(4)9-7-6-8-13-16-12(10-15)11-18-13/h11H,5-10H2,1-4H3. The van der Waals surface area contributed by atoms with Crippen LogP contribution >= 0.6 is 22.9 Å². The third-order valence-electron chi connectivity index (χ3n) is 3.77. The van der Waals surface area contributed by atoms with Gasteiger partial charge in [-0.05, 0) is 53.1 Å². The number of hydrogen-bond acceptors (Lipinski definition) is 3. The van der Waals surface area contributed by atoms with Crippen molar-refractivity contribution in [2.45, 2.75) is 57.9 Å². The largest absolute Gasteiger partial charge is 0.301 e. The molecule has 0 spiro atoms. The van der Waals surface area contributed by atoms with Crippen molar-refractivity contribution in [3.63, 3.8) is 0 Å². The molecule has 0 unspecified atom stereocenters. The number of thiazole rings is 1. The van der Waals surface area contributed by atoms with Crippen LogP contribution in [0, 0.1) is 0 Å². The minimum atomic E-state index is 0.312. The number of rotatable bonds is 8. The highest BCUT2D eigenvalue weighted by atomic mass is 35.5. The van der Waals surface area contributed by atoms with E-state index in [1.165, 1.54) is 24.3 Å². The Hall–Kier alpha value is -0.120. The van der Waals surface area contributed by atoms with E-state index in [2.05, 4.69) is 43.1 Å². The maximum absolute atomic E-state index is 5.75. The Kier molecular flexibility index (Phi) is 6.61.